The summed E-state index contributed by atoms with van der Waals surface area (Å²) >= 11 is 6.25. The largest absolute Gasteiger partial charge is 0.493 e. The monoisotopic (exact) mass is 984 g/mol. The number of allylic oxidation sites excluding steroid dienone is 1. The lowest BCUT2D eigenvalue weighted by atomic mass is 9.72. The Morgan fingerprint density at radius 1 is 1.04 bits per heavy atom. The third-order valence-corrected chi connectivity index (χ3v) is 17.5. The predicted octanol–water partition coefficient (Wildman–Crippen LogP) is 8.18. The number of ether oxygens (including phenoxy) is 2. The van der Waals surface area contributed by atoms with Gasteiger partial charge in [0.15, 0.2) is 0 Å². The zero-order valence-electron chi connectivity index (χ0n) is 38.5. The fourth-order valence-electron chi connectivity index (χ4n) is 9.82. The number of anilines is 1. The smallest absolute Gasteiger partial charge is 0.277 e. The topological polar surface area (TPSA) is 193 Å². The SMILES string of the molecule is CCN=S1(=O)CCN(C[C@H]2COc3cc(S(=O)(=O)NC(=O)c4ccc(N5CCN(CC6=C(c7ccc(Cl)cc7)CC(C)(C)CC6)CC5)cc4Oc4cnc5[nH]ccc5c4)cc([N+](=O)[O-])c3C2)CC1. The molecule has 0 radical (unpaired) electrons. The van der Waals surface area contributed by atoms with Crippen LogP contribution in [0.15, 0.2) is 94.0 Å². The maximum atomic E-state index is 14.1. The van der Waals surface area contributed by atoms with Crippen LogP contribution >= 0.6 is 11.6 Å². The van der Waals surface area contributed by atoms with Crippen LogP contribution in [0.1, 0.15) is 61.5 Å². The third kappa shape index (κ3) is 10.7. The van der Waals surface area contributed by atoms with E-state index in [4.69, 9.17) is 21.1 Å². The Bertz CT molecular complexity index is 3000. The van der Waals surface area contributed by atoms with Crippen molar-refractivity contribution in [2.75, 3.05) is 81.9 Å². The molecule has 0 saturated carbocycles. The van der Waals surface area contributed by atoms with Crippen molar-refractivity contribution in [3.05, 3.63) is 117 Å². The molecule has 2 aromatic heterocycles. The van der Waals surface area contributed by atoms with Gasteiger partial charge in [-0.15, -0.1) is 0 Å². The standard InChI is InChI=1S/C49H57ClN8O8S2/c1-4-53-67(62)21-19-56(20-22-67)30-33-23-42-44(58(60)61)26-40(27-45(42)65-32-33)68(63,64)54-48(59)41-10-9-38(25-46(41)66-39-24-35-12-14-51-47(35)52-29-39)57-17-15-55(16-18-57)31-36-11-13-49(2,3)28-43(36)34-5-7-37(50)8-6-34/h5-10,12,14,24-27,29,33H,4,11,13,15-23,28,30-32H2,1-3H3,(H,51,52)(H,54,59)/t33-/m0/s1. The lowest BCUT2D eigenvalue weighted by Crippen LogP contribution is -2.47. The molecule has 5 heterocycles. The Morgan fingerprint density at radius 2 is 1.81 bits per heavy atom. The van der Waals surface area contributed by atoms with Gasteiger partial charge in [-0.1, -0.05) is 43.2 Å². The zero-order chi connectivity index (χ0) is 47.8. The van der Waals surface area contributed by atoms with Gasteiger partial charge in [-0.05, 0) is 85.6 Å². The van der Waals surface area contributed by atoms with Crippen LogP contribution in [0, 0.1) is 21.4 Å². The number of sulfonamides is 1. The van der Waals surface area contributed by atoms with Crippen molar-refractivity contribution in [2.45, 2.75) is 51.3 Å². The number of piperazine rings is 1. The number of rotatable bonds is 13. The number of nitro benzene ring substituents is 1. The molecule has 1 atom stereocenters. The van der Waals surface area contributed by atoms with Crippen LogP contribution in [0.2, 0.25) is 5.02 Å². The maximum Gasteiger partial charge on any atom is 0.277 e. The molecule has 4 aliphatic rings. The lowest BCUT2D eigenvalue weighted by molar-refractivity contribution is -0.386. The van der Waals surface area contributed by atoms with Crippen LogP contribution in [-0.4, -0.2) is 120 Å². The third-order valence-electron chi connectivity index (χ3n) is 13.5. The van der Waals surface area contributed by atoms with Crippen molar-refractivity contribution in [1.29, 1.82) is 0 Å². The molecule has 3 aliphatic heterocycles. The summed E-state index contributed by atoms with van der Waals surface area (Å²) in [7, 11) is -6.88. The first-order valence-corrected chi connectivity index (χ1v) is 26.9. The van der Waals surface area contributed by atoms with Gasteiger partial charge in [0.05, 0.1) is 33.7 Å². The van der Waals surface area contributed by atoms with E-state index in [1.54, 1.807) is 24.4 Å². The number of carbonyl (C=O) groups is 1. The van der Waals surface area contributed by atoms with E-state index >= 15 is 0 Å². The number of benzene rings is 3. The molecule has 0 spiro atoms. The Hall–Kier alpha value is -5.53. The van der Waals surface area contributed by atoms with Crippen molar-refractivity contribution in [1.82, 2.24) is 24.5 Å². The van der Waals surface area contributed by atoms with E-state index in [1.807, 2.05) is 25.1 Å². The first-order chi connectivity index (χ1) is 32.5. The Morgan fingerprint density at radius 3 is 2.54 bits per heavy atom. The summed E-state index contributed by atoms with van der Waals surface area (Å²) in [6.45, 7) is 12.9. The van der Waals surface area contributed by atoms with Gasteiger partial charge >= 0.3 is 0 Å². The second-order valence-corrected chi connectivity index (χ2v) is 23.7. The summed E-state index contributed by atoms with van der Waals surface area (Å²) in [5.74, 6) is 0.377. The van der Waals surface area contributed by atoms with Gasteiger partial charge in [-0.3, -0.25) is 19.8 Å². The van der Waals surface area contributed by atoms with Crippen molar-refractivity contribution in [3.8, 4) is 17.2 Å². The average Bonchev–Trinajstić information content (AvgIpc) is 3.78. The summed E-state index contributed by atoms with van der Waals surface area (Å²) in [5, 5.41) is 14.0. The van der Waals surface area contributed by atoms with E-state index in [0.717, 1.165) is 61.1 Å². The summed E-state index contributed by atoms with van der Waals surface area (Å²) in [5.41, 5.74) is 5.56. The van der Waals surface area contributed by atoms with E-state index in [1.165, 1.54) is 35.0 Å². The first-order valence-electron chi connectivity index (χ1n) is 23.1. The molecule has 3 aromatic carbocycles. The summed E-state index contributed by atoms with van der Waals surface area (Å²) in [6, 6.07) is 19.0. The van der Waals surface area contributed by atoms with Gasteiger partial charge < -0.3 is 24.3 Å². The number of carbonyl (C=O) groups excluding carboxylic acids is 1. The quantitative estimate of drug-likeness (QED) is 0.0851. The number of nitro groups is 1. The van der Waals surface area contributed by atoms with E-state index in [9.17, 15) is 27.5 Å². The number of H-pyrrole nitrogens is 1. The molecule has 5 aromatic rings. The average molecular weight is 986 g/mol. The highest BCUT2D eigenvalue weighted by Gasteiger charge is 2.34. The van der Waals surface area contributed by atoms with Crippen LogP contribution in [0.3, 0.4) is 0 Å². The van der Waals surface area contributed by atoms with E-state index < -0.39 is 41.2 Å². The summed E-state index contributed by atoms with van der Waals surface area (Å²) in [6.07, 6.45) is 6.73. The van der Waals surface area contributed by atoms with Gasteiger partial charge in [0.1, 0.15) is 22.9 Å². The predicted molar refractivity (Wildman–Crippen MR) is 265 cm³/mol. The first kappa shape index (κ1) is 47.5. The van der Waals surface area contributed by atoms with Crippen molar-refractivity contribution < 1.29 is 31.8 Å². The van der Waals surface area contributed by atoms with Crippen LogP contribution in [-0.2, 0) is 26.2 Å². The van der Waals surface area contributed by atoms with Crippen LogP contribution < -0.4 is 19.1 Å². The molecular formula is C49H57ClN8O8S2. The number of nitrogens with zero attached hydrogens (tertiary/aromatic N) is 6. The molecule has 19 heteroatoms. The second-order valence-electron chi connectivity index (χ2n) is 19.0. The Labute approximate surface area is 402 Å². The Balaban J connectivity index is 0.921. The minimum Gasteiger partial charge on any atom is -0.493 e. The molecule has 1 aliphatic carbocycles. The highest BCUT2D eigenvalue weighted by atomic mass is 35.5. The van der Waals surface area contributed by atoms with Crippen molar-refractivity contribution in [2.24, 2.45) is 15.7 Å². The van der Waals surface area contributed by atoms with E-state index in [2.05, 4.69) is 59.7 Å². The van der Waals surface area contributed by atoms with Gasteiger partial charge in [-0.2, -0.15) is 0 Å². The Kier molecular flexibility index (Phi) is 13.6. The lowest BCUT2D eigenvalue weighted by Gasteiger charge is -2.39. The molecule has 16 nitrogen and oxygen atoms in total. The maximum absolute atomic E-state index is 14.1. The van der Waals surface area contributed by atoms with Crippen LogP contribution in [0.4, 0.5) is 11.4 Å². The minimum absolute atomic E-state index is 0.0598. The van der Waals surface area contributed by atoms with Crippen LogP contribution in [0.25, 0.3) is 16.6 Å². The number of hydrogen-bond donors (Lipinski definition) is 2. The number of fused-ring (bicyclic) bond motifs is 2. The number of halogens is 1. The molecular weight excluding hydrogens is 928 g/mol. The molecule has 68 heavy (non-hydrogen) atoms. The molecule has 0 unspecified atom stereocenters. The van der Waals surface area contributed by atoms with Crippen molar-refractivity contribution in [3.63, 3.8) is 0 Å². The molecule has 1 amide bonds. The van der Waals surface area contributed by atoms with Gasteiger partial charge in [0.2, 0.25) is 0 Å². The number of amides is 1. The molecule has 2 saturated heterocycles. The number of aromatic nitrogens is 2. The molecule has 2 fully saturated rings. The van der Waals surface area contributed by atoms with Crippen LogP contribution in [0.5, 0.6) is 17.2 Å². The fraction of sp³-hybridized carbons (Fsp3) is 0.429. The highest BCUT2D eigenvalue weighted by molar-refractivity contribution is 7.93. The number of pyridine rings is 1. The van der Waals surface area contributed by atoms with Gasteiger partial charge in [0.25, 0.3) is 21.6 Å². The summed E-state index contributed by atoms with van der Waals surface area (Å²) < 4.78 is 59.7. The van der Waals surface area contributed by atoms with E-state index in [-0.39, 0.29) is 47.0 Å². The fourth-order valence-corrected chi connectivity index (χ4v) is 13.0. The molecule has 360 valence electrons. The highest BCUT2D eigenvalue weighted by Crippen LogP contribution is 2.44. The molecule has 2 N–H and O–H groups in total. The molecule has 9 rings (SSSR count). The summed E-state index contributed by atoms with van der Waals surface area (Å²) in [4.78, 5) is 39.8. The van der Waals surface area contributed by atoms with Crippen molar-refractivity contribution >= 4 is 65.2 Å². The number of nitrogens with one attached hydrogen (secondary N) is 2. The minimum atomic E-state index is -4.67. The van der Waals surface area contributed by atoms with Gasteiger partial charge in [0, 0.05) is 127 Å². The molecule has 0 bridgehead atoms. The van der Waals surface area contributed by atoms with E-state index in [0.29, 0.717) is 62.2 Å². The number of hydrogen-bond acceptors (Lipinski definition) is 13. The normalized spacial score (nSPS) is 19.8. The zero-order valence-corrected chi connectivity index (χ0v) is 40.9. The second kappa shape index (κ2) is 19.5. The number of aromatic amines is 1. The van der Waals surface area contributed by atoms with Gasteiger partial charge in [-0.25, -0.2) is 26.7 Å².